The summed E-state index contributed by atoms with van der Waals surface area (Å²) in [7, 11) is 1.96. The molecule has 0 amide bonds. The summed E-state index contributed by atoms with van der Waals surface area (Å²) in [5.74, 6) is 1.59. The molecule has 1 heterocycles. The minimum atomic E-state index is -0.633. The molecular weight excluding hydrogens is 489 g/mol. The Balaban J connectivity index is 0.00000320. The third kappa shape index (κ3) is 6.56. The van der Waals surface area contributed by atoms with Crippen molar-refractivity contribution >= 4 is 29.9 Å². The van der Waals surface area contributed by atoms with Gasteiger partial charge in [0.25, 0.3) is 0 Å². The zero-order valence-corrected chi connectivity index (χ0v) is 20.0. The second-order valence-corrected chi connectivity index (χ2v) is 7.09. The summed E-state index contributed by atoms with van der Waals surface area (Å²) in [6, 6.07) is 18.0. The highest BCUT2D eigenvalue weighted by atomic mass is 127. The molecule has 0 saturated heterocycles. The molecule has 3 rings (SSSR count). The predicted octanol–water partition coefficient (Wildman–Crippen LogP) is 4.13. The van der Waals surface area contributed by atoms with Crippen molar-refractivity contribution in [1.29, 1.82) is 0 Å². The van der Waals surface area contributed by atoms with E-state index in [1.165, 1.54) is 5.56 Å². The lowest BCUT2D eigenvalue weighted by atomic mass is 10.1. The molecule has 3 aromatic rings. The van der Waals surface area contributed by atoms with Crippen LogP contribution in [0.1, 0.15) is 30.0 Å². The molecule has 0 radical (unpaired) electrons. The van der Waals surface area contributed by atoms with Gasteiger partial charge < -0.3 is 20.3 Å². The number of hydrogen-bond acceptors (Lipinski definition) is 3. The van der Waals surface area contributed by atoms with Crippen LogP contribution in [0.15, 0.2) is 65.8 Å². The molecule has 3 N–H and O–H groups in total. The van der Waals surface area contributed by atoms with Crippen LogP contribution >= 0.6 is 24.0 Å². The van der Waals surface area contributed by atoms with Gasteiger partial charge in [-0.25, -0.2) is 4.98 Å². The van der Waals surface area contributed by atoms with E-state index in [-0.39, 0.29) is 24.0 Å². The molecule has 1 unspecified atom stereocenters. The lowest BCUT2D eigenvalue weighted by Gasteiger charge is -2.21. The Kier molecular flexibility index (Phi) is 9.32. The van der Waals surface area contributed by atoms with E-state index in [4.69, 9.17) is 0 Å². The summed E-state index contributed by atoms with van der Waals surface area (Å²) in [6.07, 6.45) is 1.22. The monoisotopic (exact) mass is 519 g/mol. The maximum absolute atomic E-state index is 10.5. The van der Waals surface area contributed by atoms with E-state index >= 15 is 0 Å². The first kappa shape index (κ1) is 23.9. The highest BCUT2D eigenvalue weighted by Crippen LogP contribution is 2.17. The van der Waals surface area contributed by atoms with Crippen LogP contribution in [-0.4, -0.2) is 46.1 Å². The van der Waals surface area contributed by atoms with Crippen LogP contribution in [-0.2, 0) is 6.54 Å². The van der Waals surface area contributed by atoms with Gasteiger partial charge in [0.15, 0.2) is 5.96 Å². The van der Waals surface area contributed by atoms with Gasteiger partial charge in [-0.1, -0.05) is 60.2 Å². The first-order valence-corrected chi connectivity index (χ1v) is 9.90. The molecule has 0 aliphatic rings. The van der Waals surface area contributed by atoms with Gasteiger partial charge in [-0.15, -0.1) is 24.0 Å². The number of aromatic amines is 1. The van der Waals surface area contributed by atoms with Gasteiger partial charge >= 0.3 is 0 Å². The first-order chi connectivity index (χ1) is 14.1. The number of hydrogen-bond donors (Lipinski definition) is 3. The Bertz CT molecular complexity index is 924. The van der Waals surface area contributed by atoms with Gasteiger partial charge in [0.2, 0.25) is 0 Å². The van der Waals surface area contributed by atoms with Crippen molar-refractivity contribution in [1.82, 2.24) is 20.2 Å². The van der Waals surface area contributed by atoms with E-state index < -0.39 is 6.10 Å². The zero-order valence-electron chi connectivity index (χ0n) is 17.7. The van der Waals surface area contributed by atoms with E-state index in [1.807, 2.05) is 74.5 Å². The topological polar surface area (TPSA) is 76.5 Å². The maximum Gasteiger partial charge on any atom is 0.194 e. The summed E-state index contributed by atoms with van der Waals surface area (Å²) in [5.41, 5.74) is 4.14. The molecule has 0 bridgehead atoms. The number of H-pyrrole nitrogens is 1. The average molecular weight is 519 g/mol. The fourth-order valence-electron chi connectivity index (χ4n) is 3.04. The Morgan fingerprint density at radius 2 is 1.87 bits per heavy atom. The van der Waals surface area contributed by atoms with Crippen LogP contribution in [0.4, 0.5) is 0 Å². The smallest absolute Gasteiger partial charge is 0.194 e. The minimum absolute atomic E-state index is 0. The van der Waals surface area contributed by atoms with E-state index in [0.29, 0.717) is 13.1 Å². The molecule has 0 aliphatic carbocycles. The van der Waals surface area contributed by atoms with Gasteiger partial charge in [-0.05, 0) is 25.0 Å². The Morgan fingerprint density at radius 3 is 2.53 bits per heavy atom. The van der Waals surface area contributed by atoms with Crippen molar-refractivity contribution in [2.45, 2.75) is 26.5 Å². The van der Waals surface area contributed by atoms with Crippen molar-refractivity contribution in [2.24, 2.45) is 4.99 Å². The SMILES string of the molecule is CCNC(=NCC(O)c1ccc(C)cc1)N(C)Cc1ncc(-c2ccccc2)[nH]1.I. The summed E-state index contributed by atoms with van der Waals surface area (Å²) in [6.45, 7) is 5.68. The molecule has 1 atom stereocenters. The fraction of sp³-hybridized carbons (Fsp3) is 0.304. The summed E-state index contributed by atoms with van der Waals surface area (Å²) in [5, 5.41) is 13.7. The summed E-state index contributed by atoms with van der Waals surface area (Å²) >= 11 is 0. The normalized spacial score (nSPS) is 12.2. The molecule has 160 valence electrons. The predicted molar refractivity (Wildman–Crippen MR) is 133 cm³/mol. The largest absolute Gasteiger partial charge is 0.386 e. The average Bonchev–Trinajstić information content (AvgIpc) is 3.20. The van der Waals surface area contributed by atoms with Crippen LogP contribution in [0.3, 0.4) is 0 Å². The third-order valence-electron chi connectivity index (χ3n) is 4.67. The Hall–Kier alpha value is -2.39. The number of aryl methyl sites for hydroxylation is 1. The van der Waals surface area contributed by atoms with Crippen molar-refractivity contribution in [3.05, 3.63) is 77.7 Å². The second-order valence-electron chi connectivity index (χ2n) is 7.09. The number of aliphatic hydroxyl groups is 1. The van der Waals surface area contributed by atoms with Gasteiger partial charge in [0.1, 0.15) is 5.82 Å². The number of aliphatic imine (C=N–C) groups is 1. The lowest BCUT2D eigenvalue weighted by Crippen LogP contribution is -2.39. The second kappa shape index (κ2) is 11.7. The molecular formula is C23H30IN5O. The maximum atomic E-state index is 10.5. The van der Waals surface area contributed by atoms with E-state index in [0.717, 1.165) is 35.1 Å². The number of guanidine groups is 1. The minimum Gasteiger partial charge on any atom is -0.386 e. The van der Waals surface area contributed by atoms with Gasteiger partial charge in [0.05, 0.1) is 31.1 Å². The zero-order chi connectivity index (χ0) is 20.6. The van der Waals surface area contributed by atoms with Gasteiger partial charge in [-0.3, -0.25) is 4.99 Å². The van der Waals surface area contributed by atoms with E-state index in [2.05, 4.69) is 32.4 Å². The molecule has 6 nitrogen and oxygen atoms in total. The number of nitrogens with zero attached hydrogens (tertiary/aromatic N) is 3. The van der Waals surface area contributed by atoms with Gasteiger partial charge in [0, 0.05) is 13.6 Å². The molecule has 0 aliphatic heterocycles. The van der Waals surface area contributed by atoms with Crippen molar-refractivity contribution in [2.75, 3.05) is 20.1 Å². The number of aromatic nitrogens is 2. The molecule has 0 fully saturated rings. The highest BCUT2D eigenvalue weighted by Gasteiger charge is 2.12. The van der Waals surface area contributed by atoms with Crippen LogP contribution in [0.5, 0.6) is 0 Å². The number of rotatable bonds is 7. The van der Waals surface area contributed by atoms with Gasteiger partial charge in [-0.2, -0.15) is 0 Å². The number of nitrogens with one attached hydrogen (secondary N) is 2. The Labute approximate surface area is 195 Å². The molecule has 7 heteroatoms. The third-order valence-corrected chi connectivity index (χ3v) is 4.67. The van der Waals surface area contributed by atoms with E-state index in [9.17, 15) is 5.11 Å². The number of halogens is 1. The van der Waals surface area contributed by atoms with Crippen LogP contribution in [0.2, 0.25) is 0 Å². The number of imidazole rings is 1. The summed E-state index contributed by atoms with van der Waals surface area (Å²) in [4.78, 5) is 14.5. The standard InChI is InChI=1S/C23H29N5O.HI/c1-4-24-23(26-15-21(29)19-12-10-17(2)11-13-19)28(3)16-22-25-14-20(27-22)18-8-6-5-7-9-18;/h5-14,21,29H,4,15-16H2,1-3H3,(H,24,26)(H,25,27);1H. The number of aliphatic hydroxyl groups excluding tert-OH is 1. The van der Waals surface area contributed by atoms with Crippen molar-refractivity contribution in [3.63, 3.8) is 0 Å². The molecule has 2 aromatic carbocycles. The van der Waals surface area contributed by atoms with Crippen LogP contribution < -0.4 is 5.32 Å². The quantitative estimate of drug-likeness (QED) is 0.249. The molecule has 30 heavy (non-hydrogen) atoms. The molecule has 1 aromatic heterocycles. The molecule has 0 saturated carbocycles. The van der Waals surface area contributed by atoms with Crippen molar-refractivity contribution in [3.8, 4) is 11.3 Å². The lowest BCUT2D eigenvalue weighted by molar-refractivity contribution is 0.186. The fourth-order valence-corrected chi connectivity index (χ4v) is 3.04. The number of benzene rings is 2. The van der Waals surface area contributed by atoms with Crippen LogP contribution in [0, 0.1) is 6.92 Å². The first-order valence-electron chi connectivity index (χ1n) is 9.90. The van der Waals surface area contributed by atoms with Crippen LogP contribution in [0.25, 0.3) is 11.3 Å². The Morgan fingerprint density at radius 1 is 1.17 bits per heavy atom. The van der Waals surface area contributed by atoms with Crippen molar-refractivity contribution < 1.29 is 5.11 Å². The van der Waals surface area contributed by atoms with E-state index in [1.54, 1.807) is 0 Å². The highest BCUT2D eigenvalue weighted by molar-refractivity contribution is 14.0. The summed E-state index contributed by atoms with van der Waals surface area (Å²) < 4.78 is 0. The molecule has 0 spiro atoms.